The number of ether oxygens (including phenoxy) is 2. The molecule has 1 aliphatic heterocycles. The van der Waals surface area contributed by atoms with E-state index in [-0.39, 0.29) is 45.1 Å². The topological polar surface area (TPSA) is 155 Å². The minimum absolute atomic E-state index is 0.00191. The second-order valence-corrected chi connectivity index (χ2v) is 18.1. The minimum Gasteiger partial charge on any atom is -0.487 e. The van der Waals surface area contributed by atoms with Gasteiger partial charge in [-0.1, -0.05) is 38.3 Å². The number of carbonyl (C=O) groups is 1. The van der Waals surface area contributed by atoms with Crippen molar-refractivity contribution in [1.82, 2.24) is 29.6 Å². The zero-order valence-corrected chi connectivity index (χ0v) is 32.7. The third kappa shape index (κ3) is 7.79. The lowest BCUT2D eigenvalue weighted by atomic mass is 9.63. The lowest BCUT2D eigenvalue weighted by Gasteiger charge is -2.49. The van der Waals surface area contributed by atoms with Crippen molar-refractivity contribution in [3.8, 4) is 11.5 Å². The summed E-state index contributed by atoms with van der Waals surface area (Å²) < 4.78 is 46.3. The van der Waals surface area contributed by atoms with Gasteiger partial charge in [0.1, 0.15) is 22.0 Å². The first-order valence-electron chi connectivity index (χ1n) is 18.1. The van der Waals surface area contributed by atoms with Gasteiger partial charge in [-0.05, 0) is 103 Å². The molecule has 0 spiro atoms. The van der Waals surface area contributed by atoms with Gasteiger partial charge in [0.15, 0.2) is 16.9 Å². The molecular formula is C37H50ClN7O6S. The molecule has 52 heavy (non-hydrogen) atoms. The molecule has 3 heterocycles. The molecule has 0 saturated heterocycles. The van der Waals surface area contributed by atoms with E-state index in [1.54, 1.807) is 6.07 Å². The standard InChI is InChI=1S/C37H50ClN7O6S/c1-23(46)49-29-19-25(36(2,3)16-10-8-9-11-17-38)20-30-33(29)26-18-24(12-13-27(26)37(4,5)50-30)21-45-22-32(40-43-45)39-28-14-15-31(52(47,48)44(6)7)35-34(28)41-51-42-35/h14-15,19-20,22,24,26-27,39H,8-13,16-18,21H2,1-7H3/t24-,26-,27-/m1/s1. The summed E-state index contributed by atoms with van der Waals surface area (Å²) >= 11 is 5.89. The molecule has 2 aliphatic rings. The molecule has 2 aromatic carbocycles. The first-order valence-corrected chi connectivity index (χ1v) is 20.0. The average molecular weight is 756 g/mol. The van der Waals surface area contributed by atoms with E-state index >= 15 is 0 Å². The third-order valence-electron chi connectivity index (χ3n) is 10.8. The fraction of sp³-hybridized carbons (Fsp3) is 0.595. The highest BCUT2D eigenvalue weighted by atomic mass is 35.5. The zero-order valence-electron chi connectivity index (χ0n) is 31.1. The van der Waals surface area contributed by atoms with Gasteiger partial charge in [-0.3, -0.25) is 9.48 Å². The van der Waals surface area contributed by atoms with Gasteiger partial charge in [0.2, 0.25) is 10.0 Å². The molecule has 0 radical (unpaired) electrons. The number of fused-ring (bicyclic) bond motifs is 4. The van der Waals surface area contributed by atoms with E-state index in [0.717, 1.165) is 72.5 Å². The van der Waals surface area contributed by atoms with E-state index in [2.05, 4.69) is 65.8 Å². The number of aromatic nitrogens is 5. The van der Waals surface area contributed by atoms with Crippen LogP contribution in [-0.4, -0.2) is 69.6 Å². The van der Waals surface area contributed by atoms with Crippen molar-refractivity contribution in [3.63, 3.8) is 0 Å². The summed E-state index contributed by atoms with van der Waals surface area (Å²) in [6.45, 7) is 10.9. The Labute approximate surface area is 310 Å². The Balaban J connectivity index is 1.22. The van der Waals surface area contributed by atoms with E-state index in [1.807, 2.05) is 10.9 Å². The number of sulfonamides is 1. The molecule has 2 aromatic heterocycles. The Hall–Kier alpha value is -3.75. The largest absolute Gasteiger partial charge is 0.487 e. The molecule has 1 aliphatic carbocycles. The van der Waals surface area contributed by atoms with Crippen LogP contribution in [0.5, 0.6) is 11.5 Å². The molecule has 15 heteroatoms. The normalized spacial score (nSPS) is 20.0. The molecule has 6 rings (SSSR count). The molecule has 282 valence electrons. The van der Waals surface area contributed by atoms with Crippen LogP contribution in [0.3, 0.4) is 0 Å². The number of unbranched alkanes of at least 4 members (excludes halogenated alkanes) is 3. The Morgan fingerprint density at radius 3 is 2.60 bits per heavy atom. The maximum atomic E-state index is 12.8. The molecule has 4 aromatic rings. The second kappa shape index (κ2) is 14.9. The van der Waals surface area contributed by atoms with Gasteiger partial charge in [0, 0.05) is 44.9 Å². The van der Waals surface area contributed by atoms with E-state index < -0.39 is 15.6 Å². The van der Waals surface area contributed by atoms with Gasteiger partial charge < -0.3 is 14.8 Å². The number of carbonyl (C=O) groups excluding carboxylic acids is 1. The molecule has 13 nitrogen and oxygen atoms in total. The van der Waals surface area contributed by atoms with Crippen LogP contribution in [0.4, 0.5) is 11.5 Å². The lowest BCUT2D eigenvalue weighted by Crippen LogP contribution is -2.47. The van der Waals surface area contributed by atoms with Crippen LogP contribution < -0.4 is 14.8 Å². The smallest absolute Gasteiger partial charge is 0.308 e. The van der Waals surface area contributed by atoms with Gasteiger partial charge in [-0.2, -0.15) is 0 Å². The van der Waals surface area contributed by atoms with E-state index in [9.17, 15) is 13.2 Å². The van der Waals surface area contributed by atoms with Crippen molar-refractivity contribution in [1.29, 1.82) is 0 Å². The van der Waals surface area contributed by atoms with Crippen LogP contribution in [0, 0.1) is 11.8 Å². The summed E-state index contributed by atoms with van der Waals surface area (Å²) in [6, 6.07) is 7.34. The summed E-state index contributed by atoms with van der Waals surface area (Å²) in [5.41, 5.74) is 2.46. The molecule has 1 N–H and O–H groups in total. The predicted molar refractivity (Wildman–Crippen MR) is 199 cm³/mol. The fourth-order valence-electron chi connectivity index (χ4n) is 7.97. The first kappa shape index (κ1) is 38.0. The first-order chi connectivity index (χ1) is 24.6. The highest BCUT2D eigenvalue weighted by Crippen LogP contribution is 2.56. The summed E-state index contributed by atoms with van der Waals surface area (Å²) in [6.07, 6.45) is 10.0. The van der Waals surface area contributed by atoms with Crippen LogP contribution in [0.1, 0.15) is 103 Å². The van der Waals surface area contributed by atoms with Crippen LogP contribution in [0.2, 0.25) is 0 Å². The van der Waals surface area contributed by atoms with Crippen molar-refractivity contribution < 1.29 is 27.3 Å². The Kier molecular flexibility index (Phi) is 10.9. The number of rotatable bonds is 14. The number of nitrogens with one attached hydrogen (secondary N) is 1. The van der Waals surface area contributed by atoms with Crippen LogP contribution in [0.15, 0.2) is 40.0 Å². The number of hydrogen-bond acceptors (Lipinski definition) is 11. The molecule has 3 atom stereocenters. The van der Waals surface area contributed by atoms with Crippen molar-refractivity contribution in [3.05, 3.63) is 41.6 Å². The summed E-state index contributed by atoms with van der Waals surface area (Å²) in [5, 5.41) is 19.8. The van der Waals surface area contributed by atoms with E-state index in [1.165, 1.54) is 27.1 Å². The molecule has 0 amide bonds. The highest BCUT2D eigenvalue weighted by molar-refractivity contribution is 7.89. The average Bonchev–Trinajstić information content (AvgIpc) is 3.74. The fourth-order valence-corrected chi connectivity index (χ4v) is 9.17. The maximum Gasteiger partial charge on any atom is 0.308 e. The van der Waals surface area contributed by atoms with Gasteiger partial charge in [0.25, 0.3) is 0 Å². The van der Waals surface area contributed by atoms with Crippen molar-refractivity contribution >= 4 is 50.1 Å². The Morgan fingerprint density at radius 1 is 1.12 bits per heavy atom. The van der Waals surface area contributed by atoms with Crippen molar-refractivity contribution in [2.75, 3.05) is 25.3 Å². The number of alkyl halides is 1. The number of anilines is 2. The zero-order chi connectivity index (χ0) is 37.4. The van der Waals surface area contributed by atoms with Crippen LogP contribution in [-0.2, 0) is 26.8 Å². The molecule has 1 fully saturated rings. The van der Waals surface area contributed by atoms with Gasteiger partial charge in [-0.15, -0.1) is 16.7 Å². The quantitative estimate of drug-likeness (QED) is 0.0586. The Bertz CT molecular complexity index is 2030. The highest BCUT2D eigenvalue weighted by Gasteiger charge is 2.48. The summed E-state index contributed by atoms with van der Waals surface area (Å²) in [7, 11) is -0.847. The minimum atomic E-state index is -3.76. The molecule has 0 bridgehead atoms. The SMILES string of the molecule is CC(=O)Oc1cc(C(C)(C)CCCCCCCl)cc2c1[C@@H]1C[C@H](Cn3cc(Nc4ccc(S(=O)(=O)N(C)C)c5nonc45)nn3)CC[C@H]1C(C)(C)O2. The summed E-state index contributed by atoms with van der Waals surface area (Å²) in [4.78, 5) is 12.5. The predicted octanol–water partition coefficient (Wildman–Crippen LogP) is 7.57. The van der Waals surface area contributed by atoms with Crippen molar-refractivity contribution in [2.24, 2.45) is 11.8 Å². The van der Waals surface area contributed by atoms with Gasteiger partial charge >= 0.3 is 5.97 Å². The number of benzene rings is 2. The van der Waals surface area contributed by atoms with Crippen molar-refractivity contribution in [2.45, 2.75) is 114 Å². The van der Waals surface area contributed by atoms with Crippen LogP contribution in [0.25, 0.3) is 11.0 Å². The number of halogens is 1. The monoisotopic (exact) mass is 755 g/mol. The van der Waals surface area contributed by atoms with E-state index in [0.29, 0.717) is 29.7 Å². The van der Waals surface area contributed by atoms with Crippen LogP contribution >= 0.6 is 11.6 Å². The third-order valence-corrected chi connectivity index (χ3v) is 12.9. The summed E-state index contributed by atoms with van der Waals surface area (Å²) in [5.74, 6) is 2.90. The number of hydrogen-bond donors (Lipinski definition) is 1. The van der Waals surface area contributed by atoms with Gasteiger partial charge in [-0.25, -0.2) is 17.4 Å². The number of esters is 1. The lowest BCUT2D eigenvalue weighted by molar-refractivity contribution is -0.132. The molecule has 0 unspecified atom stereocenters. The Morgan fingerprint density at radius 2 is 1.87 bits per heavy atom. The molecule has 1 saturated carbocycles. The number of nitrogens with zero attached hydrogens (tertiary/aromatic N) is 6. The van der Waals surface area contributed by atoms with Gasteiger partial charge in [0.05, 0.1) is 11.9 Å². The van der Waals surface area contributed by atoms with E-state index in [4.69, 9.17) is 25.7 Å². The maximum absolute atomic E-state index is 12.8. The molecular weight excluding hydrogens is 706 g/mol. The second-order valence-electron chi connectivity index (χ2n) is 15.6.